The Morgan fingerprint density at radius 1 is 0.697 bits per heavy atom. The van der Waals surface area contributed by atoms with Gasteiger partial charge in [-0.05, 0) is 41.7 Å². The van der Waals surface area contributed by atoms with Crippen molar-refractivity contribution < 1.29 is 9.53 Å². The van der Waals surface area contributed by atoms with E-state index < -0.39 is 6.10 Å². The molecule has 1 unspecified atom stereocenters. The molecule has 3 aromatic carbocycles. The van der Waals surface area contributed by atoms with E-state index in [-0.39, 0.29) is 11.9 Å². The minimum atomic E-state index is -0.500. The fourth-order valence-corrected chi connectivity index (χ4v) is 4.53. The molecular formula is C29H34N2O2. The number of hydrogen-bond donors (Lipinski definition) is 0. The van der Waals surface area contributed by atoms with Gasteiger partial charge in [0.1, 0.15) is 5.75 Å². The molecular weight excluding hydrogens is 408 g/mol. The first-order valence-electron chi connectivity index (χ1n) is 11.9. The molecule has 0 aliphatic carbocycles. The molecule has 1 aliphatic heterocycles. The van der Waals surface area contributed by atoms with Gasteiger partial charge in [-0.3, -0.25) is 9.69 Å². The summed E-state index contributed by atoms with van der Waals surface area (Å²) in [4.78, 5) is 17.5. The van der Waals surface area contributed by atoms with Gasteiger partial charge in [-0.2, -0.15) is 0 Å². The van der Waals surface area contributed by atoms with Crippen LogP contribution in [0.15, 0.2) is 84.9 Å². The van der Waals surface area contributed by atoms with Gasteiger partial charge in [-0.15, -0.1) is 0 Å². The number of hydrogen-bond acceptors (Lipinski definition) is 3. The maximum Gasteiger partial charge on any atom is 0.263 e. The van der Waals surface area contributed by atoms with Crippen LogP contribution in [0.5, 0.6) is 5.75 Å². The Morgan fingerprint density at radius 3 is 1.70 bits per heavy atom. The zero-order valence-electron chi connectivity index (χ0n) is 19.9. The van der Waals surface area contributed by atoms with Crippen LogP contribution < -0.4 is 4.74 Å². The van der Waals surface area contributed by atoms with E-state index in [9.17, 15) is 4.79 Å². The fraction of sp³-hybridized carbons (Fsp3) is 0.345. The molecule has 1 atom stereocenters. The van der Waals surface area contributed by atoms with E-state index in [2.05, 4.69) is 91.5 Å². The van der Waals surface area contributed by atoms with Gasteiger partial charge in [0.15, 0.2) is 6.10 Å². The van der Waals surface area contributed by atoms with E-state index >= 15 is 0 Å². The summed E-state index contributed by atoms with van der Waals surface area (Å²) in [5, 5.41) is 0. The Labute approximate surface area is 197 Å². The lowest BCUT2D eigenvalue weighted by molar-refractivity contribution is -0.140. The Kier molecular flexibility index (Phi) is 7.46. The molecule has 1 fully saturated rings. The molecule has 4 heteroatoms. The zero-order chi connectivity index (χ0) is 23.2. The van der Waals surface area contributed by atoms with E-state index in [1.807, 2.05) is 24.0 Å². The summed E-state index contributed by atoms with van der Waals surface area (Å²) < 4.78 is 5.97. The second-order valence-corrected chi connectivity index (χ2v) is 9.07. The number of piperazine rings is 1. The van der Waals surface area contributed by atoms with E-state index in [0.29, 0.717) is 19.0 Å². The zero-order valence-corrected chi connectivity index (χ0v) is 19.9. The van der Waals surface area contributed by atoms with Gasteiger partial charge in [0.05, 0.1) is 6.04 Å². The van der Waals surface area contributed by atoms with Crippen molar-refractivity contribution >= 4 is 5.91 Å². The maximum absolute atomic E-state index is 13.1. The quantitative estimate of drug-likeness (QED) is 0.484. The number of ether oxygens (including phenoxy) is 1. The van der Waals surface area contributed by atoms with Gasteiger partial charge < -0.3 is 9.64 Å². The molecule has 0 aromatic heterocycles. The van der Waals surface area contributed by atoms with Crippen molar-refractivity contribution in [1.82, 2.24) is 9.80 Å². The summed E-state index contributed by atoms with van der Waals surface area (Å²) in [5.74, 6) is 1.27. The second kappa shape index (κ2) is 10.7. The minimum absolute atomic E-state index is 0.0542. The Balaban J connectivity index is 1.39. The highest BCUT2D eigenvalue weighted by Gasteiger charge is 2.30. The van der Waals surface area contributed by atoms with Crippen molar-refractivity contribution in [2.24, 2.45) is 0 Å². The monoisotopic (exact) mass is 442 g/mol. The summed E-state index contributed by atoms with van der Waals surface area (Å²) in [7, 11) is 0. The standard InChI is InChI=1S/C29H34N2O2/c1-22(2)24-14-16-27(17-15-24)33-23(3)29(32)31-20-18-30(19-21-31)28(25-10-6-4-7-11-25)26-12-8-5-9-13-26/h4-17,22-23,28H,18-21H2,1-3H3. The molecule has 0 N–H and O–H groups in total. The van der Waals surface area contributed by atoms with Crippen LogP contribution in [0.3, 0.4) is 0 Å². The van der Waals surface area contributed by atoms with Crippen molar-refractivity contribution in [1.29, 1.82) is 0 Å². The Hall–Kier alpha value is -3.11. The van der Waals surface area contributed by atoms with Crippen LogP contribution in [0.4, 0.5) is 0 Å². The highest BCUT2D eigenvalue weighted by Crippen LogP contribution is 2.29. The third kappa shape index (κ3) is 5.63. The smallest absolute Gasteiger partial charge is 0.263 e. The Morgan fingerprint density at radius 2 is 1.21 bits per heavy atom. The summed E-state index contributed by atoms with van der Waals surface area (Å²) in [5.41, 5.74) is 3.83. The van der Waals surface area contributed by atoms with Crippen LogP contribution in [-0.2, 0) is 4.79 Å². The molecule has 1 heterocycles. The molecule has 0 bridgehead atoms. The summed E-state index contributed by atoms with van der Waals surface area (Å²) in [6, 6.07) is 29.5. The van der Waals surface area contributed by atoms with Crippen LogP contribution >= 0.6 is 0 Å². The van der Waals surface area contributed by atoms with E-state index in [1.165, 1.54) is 16.7 Å². The van der Waals surface area contributed by atoms with Gasteiger partial charge in [-0.25, -0.2) is 0 Å². The van der Waals surface area contributed by atoms with Crippen molar-refractivity contribution in [2.75, 3.05) is 26.2 Å². The van der Waals surface area contributed by atoms with Crippen molar-refractivity contribution in [2.45, 2.75) is 38.8 Å². The number of carbonyl (C=O) groups is 1. The Bertz CT molecular complexity index is 971. The topological polar surface area (TPSA) is 32.8 Å². The number of carbonyl (C=O) groups excluding carboxylic acids is 1. The lowest BCUT2D eigenvalue weighted by Gasteiger charge is -2.40. The molecule has 1 saturated heterocycles. The van der Waals surface area contributed by atoms with Gasteiger partial charge in [0.25, 0.3) is 5.91 Å². The van der Waals surface area contributed by atoms with Gasteiger partial charge in [0.2, 0.25) is 0 Å². The number of benzene rings is 3. The van der Waals surface area contributed by atoms with Crippen molar-refractivity contribution in [3.8, 4) is 5.75 Å². The predicted octanol–water partition coefficient (Wildman–Crippen LogP) is 5.51. The largest absolute Gasteiger partial charge is 0.481 e. The molecule has 0 spiro atoms. The number of nitrogens with zero attached hydrogens (tertiary/aromatic N) is 2. The van der Waals surface area contributed by atoms with E-state index in [0.717, 1.165) is 18.8 Å². The number of amides is 1. The first-order valence-corrected chi connectivity index (χ1v) is 11.9. The third-order valence-electron chi connectivity index (χ3n) is 6.43. The van der Waals surface area contributed by atoms with Crippen molar-refractivity contribution in [3.63, 3.8) is 0 Å². The normalized spacial score (nSPS) is 15.6. The van der Waals surface area contributed by atoms with E-state index in [4.69, 9.17) is 4.74 Å². The van der Waals surface area contributed by atoms with Crippen LogP contribution in [0, 0.1) is 0 Å². The highest BCUT2D eigenvalue weighted by atomic mass is 16.5. The minimum Gasteiger partial charge on any atom is -0.481 e. The first kappa shape index (κ1) is 23.1. The first-order chi connectivity index (χ1) is 16.0. The summed E-state index contributed by atoms with van der Waals surface area (Å²) >= 11 is 0. The maximum atomic E-state index is 13.1. The predicted molar refractivity (Wildman–Crippen MR) is 134 cm³/mol. The van der Waals surface area contributed by atoms with Gasteiger partial charge in [0, 0.05) is 26.2 Å². The fourth-order valence-electron chi connectivity index (χ4n) is 4.53. The highest BCUT2D eigenvalue weighted by molar-refractivity contribution is 5.81. The third-order valence-corrected chi connectivity index (χ3v) is 6.43. The van der Waals surface area contributed by atoms with Crippen LogP contribution in [0.25, 0.3) is 0 Å². The van der Waals surface area contributed by atoms with Crippen LogP contribution in [0.2, 0.25) is 0 Å². The van der Waals surface area contributed by atoms with Crippen molar-refractivity contribution in [3.05, 3.63) is 102 Å². The average Bonchev–Trinajstić information content (AvgIpc) is 2.86. The van der Waals surface area contributed by atoms with Crippen LogP contribution in [-0.4, -0.2) is 48.0 Å². The summed E-state index contributed by atoms with van der Waals surface area (Å²) in [6.07, 6.45) is -0.500. The molecule has 4 rings (SSSR count). The lowest BCUT2D eigenvalue weighted by Crippen LogP contribution is -2.52. The molecule has 1 aliphatic rings. The molecule has 0 saturated carbocycles. The second-order valence-electron chi connectivity index (χ2n) is 9.07. The van der Waals surface area contributed by atoms with E-state index in [1.54, 1.807) is 0 Å². The molecule has 1 amide bonds. The van der Waals surface area contributed by atoms with Gasteiger partial charge in [-0.1, -0.05) is 86.6 Å². The molecule has 172 valence electrons. The average molecular weight is 443 g/mol. The molecule has 33 heavy (non-hydrogen) atoms. The lowest BCUT2D eigenvalue weighted by atomic mass is 9.96. The molecule has 4 nitrogen and oxygen atoms in total. The van der Waals surface area contributed by atoms with Crippen LogP contribution in [0.1, 0.15) is 49.4 Å². The summed E-state index contributed by atoms with van der Waals surface area (Å²) in [6.45, 7) is 9.25. The number of rotatable bonds is 7. The molecule has 3 aromatic rings. The van der Waals surface area contributed by atoms with Gasteiger partial charge >= 0.3 is 0 Å². The SMILES string of the molecule is CC(Oc1ccc(C(C)C)cc1)C(=O)N1CCN(C(c2ccccc2)c2ccccc2)CC1. The molecule has 0 radical (unpaired) electrons.